The van der Waals surface area contributed by atoms with Crippen LogP contribution in [0.3, 0.4) is 0 Å². The maximum atomic E-state index is 6.03. The Morgan fingerprint density at radius 2 is 2.20 bits per heavy atom. The van der Waals surface area contributed by atoms with E-state index in [0.29, 0.717) is 0 Å². The molecule has 0 saturated heterocycles. The number of nitrogens with zero attached hydrogens (tertiary/aromatic N) is 2. The van der Waals surface area contributed by atoms with Crippen LogP contribution in [-0.2, 0) is 13.0 Å². The lowest BCUT2D eigenvalue weighted by Gasteiger charge is -2.14. The molecule has 2 rings (SSSR count). The first-order valence-electron chi connectivity index (χ1n) is 7.03. The SMILES string of the molecule is CCC(N)Cc1nccn1Cc1cc(C)ccc1OC. The van der Waals surface area contributed by atoms with Crippen LogP contribution in [0.1, 0.15) is 30.3 Å². The van der Waals surface area contributed by atoms with Crippen molar-refractivity contribution in [1.29, 1.82) is 0 Å². The highest BCUT2D eigenvalue weighted by atomic mass is 16.5. The lowest BCUT2D eigenvalue weighted by Crippen LogP contribution is -2.23. The lowest BCUT2D eigenvalue weighted by molar-refractivity contribution is 0.408. The fourth-order valence-electron chi connectivity index (χ4n) is 2.27. The fraction of sp³-hybridized carbons (Fsp3) is 0.438. The topological polar surface area (TPSA) is 53.1 Å². The number of hydrogen-bond acceptors (Lipinski definition) is 3. The van der Waals surface area contributed by atoms with E-state index in [-0.39, 0.29) is 6.04 Å². The molecule has 0 bridgehead atoms. The summed E-state index contributed by atoms with van der Waals surface area (Å²) in [6.45, 7) is 4.95. The Morgan fingerprint density at radius 3 is 2.90 bits per heavy atom. The molecule has 1 aromatic heterocycles. The summed E-state index contributed by atoms with van der Waals surface area (Å²) >= 11 is 0. The first-order chi connectivity index (χ1) is 9.63. The summed E-state index contributed by atoms with van der Waals surface area (Å²) in [5, 5.41) is 0. The third kappa shape index (κ3) is 3.39. The fourth-order valence-corrected chi connectivity index (χ4v) is 2.27. The zero-order chi connectivity index (χ0) is 14.5. The number of nitrogens with two attached hydrogens (primary N) is 1. The summed E-state index contributed by atoms with van der Waals surface area (Å²) in [6.07, 6.45) is 5.59. The average Bonchev–Trinajstić information content (AvgIpc) is 2.86. The molecule has 0 aliphatic carbocycles. The van der Waals surface area contributed by atoms with Crippen LogP contribution in [0.25, 0.3) is 0 Å². The Morgan fingerprint density at radius 1 is 1.40 bits per heavy atom. The van der Waals surface area contributed by atoms with Crippen molar-refractivity contribution in [2.45, 2.75) is 39.3 Å². The molecular weight excluding hydrogens is 250 g/mol. The van der Waals surface area contributed by atoms with Gasteiger partial charge in [-0.25, -0.2) is 4.98 Å². The van der Waals surface area contributed by atoms with Gasteiger partial charge in [0.15, 0.2) is 0 Å². The summed E-state index contributed by atoms with van der Waals surface area (Å²) in [4.78, 5) is 4.42. The zero-order valence-electron chi connectivity index (χ0n) is 12.5. The number of aromatic nitrogens is 2. The molecule has 0 aliphatic rings. The van der Waals surface area contributed by atoms with E-state index in [0.717, 1.165) is 36.5 Å². The molecule has 0 aliphatic heterocycles. The predicted molar refractivity (Wildman–Crippen MR) is 81.0 cm³/mol. The molecule has 0 amide bonds. The summed E-state index contributed by atoms with van der Waals surface area (Å²) in [6, 6.07) is 6.39. The van der Waals surface area contributed by atoms with Crippen molar-refractivity contribution < 1.29 is 4.74 Å². The molecule has 1 atom stereocenters. The van der Waals surface area contributed by atoms with Crippen LogP contribution in [0.4, 0.5) is 0 Å². The van der Waals surface area contributed by atoms with Gasteiger partial charge in [0, 0.05) is 30.4 Å². The second-order valence-electron chi connectivity index (χ2n) is 5.16. The van der Waals surface area contributed by atoms with Crippen LogP contribution >= 0.6 is 0 Å². The number of imidazole rings is 1. The highest BCUT2D eigenvalue weighted by Crippen LogP contribution is 2.21. The van der Waals surface area contributed by atoms with Gasteiger partial charge in [0.25, 0.3) is 0 Å². The summed E-state index contributed by atoms with van der Waals surface area (Å²) in [5.41, 5.74) is 8.42. The molecule has 4 heteroatoms. The Labute approximate surface area is 120 Å². The predicted octanol–water partition coefficient (Wildman–Crippen LogP) is 2.53. The van der Waals surface area contributed by atoms with Gasteiger partial charge < -0.3 is 15.0 Å². The van der Waals surface area contributed by atoms with Gasteiger partial charge >= 0.3 is 0 Å². The first-order valence-corrected chi connectivity index (χ1v) is 7.03. The largest absolute Gasteiger partial charge is 0.496 e. The number of hydrogen-bond donors (Lipinski definition) is 1. The van der Waals surface area contributed by atoms with Crippen molar-refractivity contribution in [2.75, 3.05) is 7.11 Å². The number of aryl methyl sites for hydroxylation is 1. The summed E-state index contributed by atoms with van der Waals surface area (Å²) in [5.74, 6) is 1.94. The Hall–Kier alpha value is -1.81. The van der Waals surface area contributed by atoms with Gasteiger partial charge in [0.1, 0.15) is 11.6 Å². The van der Waals surface area contributed by atoms with Crippen molar-refractivity contribution in [3.63, 3.8) is 0 Å². The van der Waals surface area contributed by atoms with Gasteiger partial charge in [0.05, 0.1) is 13.7 Å². The number of ether oxygens (including phenoxy) is 1. The van der Waals surface area contributed by atoms with Gasteiger partial charge in [0.2, 0.25) is 0 Å². The van der Waals surface area contributed by atoms with Crippen LogP contribution in [0, 0.1) is 6.92 Å². The third-order valence-electron chi connectivity index (χ3n) is 3.55. The van der Waals surface area contributed by atoms with E-state index < -0.39 is 0 Å². The molecule has 0 fully saturated rings. The van der Waals surface area contributed by atoms with E-state index in [2.05, 4.69) is 35.5 Å². The van der Waals surface area contributed by atoms with Crippen molar-refractivity contribution in [2.24, 2.45) is 5.73 Å². The highest BCUT2D eigenvalue weighted by molar-refractivity contribution is 5.37. The molecular formula is C16H23N3O. The Kier molecular flexibility index (Phi) is 4.79. The van der Waals surface area contributed by atoms with Gasteiger partial charge in [-0.15, -0.1) is 0 Å². The maximum absolute atomic E-state index is 6.03. The second-order valence-corrected chi connectivity index (χ2v) is 5.16. The van der Waals surface area contributed by atoms with Gasteiger partial charge in [-0.1, -0.05) is 24.6 Å². The quantitative estimate of drug-likeness (QED) is 0.880. The average molecular weight is 273 g/mol. The van der Waals surface area contributed by atoms with Crippen molar-refractivity contribution in [1.82, 2.24) is 9.55 Å². The highest BCUT2D eigenvalue weighted by Gasteiger charge is 2.10. The minimum absolute atomic E-state index is 0.163. The van der Waals surface area contributed by atoms with E-state index >= 15 is 0 Å². The van der Waals surface area contributed by atoms with Crippen LogP contribution in [0.15, 0.2) is 30.6 Å². The Bertz CT molecular complexity index is 563. The first kappa shape index (κ1) is 14.6. The summed E-state index contributed by atoms with van der Waals surface area (Å²) < 4.78 is 7.58. The van der Waals surface area contributed by atoms with Gasteiger partial charge in [-0.2, -0.15) is 0 Å². The minimum atomic E-state index is 0.163. The standard InChI is InChI=1S/C16H23N3O/c1-4-14(17)10-16-18-7-8-19(16)11-13-9-12(2)5-6-15(13)20-3/h5-9,14H,4,10-11,17H2,1-3H3. The van der Waals surface area contributed by atoms with Crippen LogP contribution in [-0.4, -0.2) is 22.7 Å². The Balaban J connectivity index is 2.22. The number of methoxy groups -OCH3 is 1. The van der Waals surface area contributed by atoms with Crippen molar-refractivity contribution in [3.8, 4) is 5.75 Å². The number of rotatable bonds is 6. The molecule has 108 valence electrons. The van der Waals surface area contributed by atoms with E-state index in [1.54, 1.807) is 7.11 Å². The molecule has 1 unspecified atom stereocenters. The van der Waals surface area contributed by atoms with E-state index in [9.17, 15) is 0 Å². The van der Waals surface area contributed by atoms with E-state index in [1.165, 1.54) is 5.56 Å². The molecule has 2 aromatic rings. The van der Waals surface area contributed by atoms with E-state index in [4.69, 9.17) is 10.5 Å². The smallest absolute Gasteiger partial charge is 0.123 e. The van der Waals surface area contributed by atoms with Gasteiger partial charge in [-0.3, -0.25) is 0 Å². The molecule has 0 saturated carbocycles. The van der Waals surface area contributed by atoms with Crippen LogP contribution < -0.4 is 10.5 Å². The van der Waals surface area contributed by atoms with Crippen molar-refractivity contribution in [3.05, 3.63) is 47.5 Å². The van der Waals surface area contributed by atoms with Crippen LogP contribution in [0.5, 0.6) is 5.75 Å². The molecule has 1 heterocycles. The molecule has 4 nitrogen and oxygen atoms in total. The zero-order valence-corrected chi connectivity index (χ0v) is 12.5. The lowest BCUT2D eigenvalue weighted by atomic mass is 10.1. The molecule has 0 spiro atoms. The van der Waals surface area contributed by atoms with Crippen LogP contribution in [0.2, 0.25) is 0 Å². The molecule has 20 heavy (non-hydrogen) atoms. The second kappa shape index (κ2) is 6.57. The normalized spacial score (nSPS) is 12.4. The van der Waals surface area contributed by atoms with E-state index in [1.807, 2.05) is 18.5 Å². The third-order valence-corrected chi connectivity index (χ3v) is 3.55. The summed E-state index contributed by atoms with van der Waals surface area (Å²) in [7, 11) is 1.70. The maximum Gasteiger partial charge on any atom is 0.123 e. The van der Waals surface area contributed by atoms with Crippen molar-refractivity contribution >= 4 is 0 Å². The monoisotopic (exact) mass is 273 g/mol. The molecule has 1 aromatic carbocycles. The number of benzene rings is 1. The molecule has 0 radical (unpaired) electrons. The molecule has 2 N–H and O–H groups in total. The van der Waals surface area contributed by atoms with Gasteiger partial charge in [-0.05, 0) is 19.4 Å². The minimum Gasteiger partial charge on any atom is -0.496 e.